The molecule has 1 N–H and O–H groups in total. The van der Waals surface area contributed by atoms with Crippen molar-refractivity contribution in [3.05, 3.63) is 30.3 Å². The maximum Gasteiger partial charge on any atom is 0.353 e. The molecule has 1 rings (SSSR count). The number of sulfonamides is 1. The molecule has 0 saturated heterocycles. The largest absolute Gasteiger partial charge is 0.353 e. The summed E-state index contributed by atoms with van der Waals surface area (Å²) in [5.41, 5.74) is 0. The summed E-state index contributed by atoms with van der Waals surface area (Å²) in [5.74, 6) is -1.74. The van der Waals surface area contributed by atoms with Crippen molar-refractivity contribution in [2.24, 2.45) is 0 Å². The van der Waals surface area contributed by atoms with E-state index in [0.717, 1.165) is 0 Å². The van der Waals surface area contributed by atoms with Gasteiger partial charge in [0.15, 0.2) is 5.78 Å². The molecule has 1 aromatic rings. The second-order valence-electron chi connectivity index (χ2n) is 5.73. The summed E-state index contributed by atoms with van der Waals surface area (Å²) in [4.78, 5) is -0.0742. The Bertz CT molecular complexity index is 693. The normalized spacial score (nSPS) is 14.9. The standard InChI is InChI=1S/C14H21Cl3NO5PS/c1-10(2)22-24(19,23-11(3)4)13(14(15,16)17)18-25(20,21)12-8-6-5-7-9-12/h5-11,13,18H,1-4H3/t13-/m0/s1. The maximum atomic E-state index is 13.3. The Morgan fingerprint density at radius 2 is 1.44 bits per heavy atom. The van der Waals surface area contributed by atoms with Gasteiger partial charge in [0.2, 0.25) is 13.8 Å². The van der Waals surface area contributed by atoms with Crippen molar-refractivity contribution in [2.45, 2.75) is 54.4 Å². The summed E-state index contributed by atoms with van der Waals surface area (Å²) < 4.78 is 49.1. The van der Waals surface area contributed by atoms with E-state index in [1.165, 1.54) is 24.3 Å². The number of halogens is 3. The molecule has 144 valence electrons. The van der Waals surface area contributed by atoms with Crippen LogP contribution in [0.5, 0.6) is 0 Å². The molecule has 0 fully saturated rings. The molecule has 0 spiro atoms. The average Bonchev–Trinajstić information content (AvgIpc) is 2.42. The third-order valence-electron chi connectivity index (χ3n) is 2.66. The quantitative estimate of drug-likeness (QED) is 0.456. The lowest BCUT2D eigenvalue weighted by Gasteiger charge is -2.33. The molecule has 0 bridgehead atoms. The number of nitrogens with one attached hydrogen (secondary N) is 1. The first kappa shape index (κ1) is 23.2. The monoisotopic (exact) mass is 451 g/mol. The minimum atomic E-state index is -4.17. The fourth-order valence-corrected chi connectivity index (χ4v) is 7.18. The lowest BCUT2D eigenvalue weighted by Crippen LogP contribution is -2.45. The van der Waals surface area contributed by atoms with E-state index in [1.54, 1.807) is 33.8 Å². The Morgan fingerprint density at radius 1 is 1.00 bits per heavy atom. The number of hydrogen-bond acceptors (Lipinski definition) is 5. The molecular formula is C14H21Cl3NO5PS. The lowest BCUT2D eigenvalue weighted by atomic mass is 10.4. The summed E-state index contributed by atoms with van der Waals surface area (Å²) in [6.45, 7) is 6.43. The Morgan fingerprint density at radius 3 is 1.80 bits per heavy atom. The van der Waals surface area contributed by atoms with Gasteiger partial charge in [-0.1, -0.05) is 53.0 Å². The molecule has 1 atom stereocenters. The molecule has 6 nitrogen and oxygen atoms in total. The SMILES string of the molecule is CC(C)OP(=O)(OC(C)C)[C@H](NS(=O)(=O)c1ccccc1)C(Cl)(Cl)Cl. The van der Waals surface area contributed by atoms with Crippen LogP contribution < -0.4 is 4.72 Å². The van der Waals surface area contributed by atoms with Crippen LogP contribution in [0.15, 0.2) is 35.2 Å². The Kier molecular flexibility index (Phi) is 8.25. The van der Waals surface area contributed by atoms with E-state index in [4.69, 9.17) is 43.9 Å². The van der Waals surface area contributed by atoms with Gasteiger partial charge in [-0.3, -0.25) is 4.57 Å². The van der Waals surface area contributed by atoms with Crippen LogP contribution in [0.25, 0.3) is 0 Å². The third kappa shape index (κ3) is 7.00. The molecule has 0 heterocycles. The third-order valence-corrected chi connectivity index (χ3v) is 7.97. The smallest absolute Gasteiger partial charge is 0.305 e. The molecule has 1 aromatic carbocycles. The fraction of sp³-hybridized carbons (Fsp3) is 0.571. The molecule has 0 aromatic heterocycles. The van der Waals surface area contributed by atoms with Gasteiger partial charge in [0, 0.05) is 0 Å². The zero-order valence-electron chi connectivity index (χ0n) is 14.1. The number of hydrogen-bond donors (Lipinski definition) is 1. The Labute approximate surface area is 163 Å². The van der Waals surface area contributed by atoms with Gasteiger partial charge in [-0.2, -0.15) is 4.72 Å². The molecule has 0 aliphatic rings. The van der Waals surface area contributed by atoms with Gasteiger partial charge >= 0.3 is 7.60 Å². The van der Waals surface area contributed by atoms with Crippen LogP contribution in [0.4, 0.5) is 0 Å². The average molecular weight is 453 g/mol. The van der Waals surface area contributed by atoms with Crippen molar-refractivity contribution in [1.82, 2.24) is 4.72 Å². The van der Waals surface area contributed by atoms with E-state index < -0.39 is 39.4 Å². The summed E-state index contributed by atoms with van der Waals surface area (Å²) >= 11 is 17.7. The van der Waals surface area contributed by atoms with Gasteiger partial charge in [0.1, 0.15) is 0 Å². The highest BCUT2D eigenvalue weighted by atomic mass is 35.6. The van der Waals surface area contributed by atoms with E-state index in [9.17, 15) is 13.0 Å². The van der Waals surface area contributed by atoms with Gasteiger partial charge in [-0.05, 0) is 39.8 Å². The lowest BCUT2D eigenvalue weighted by molar-refractivity contribution is 0.135. The first-order chi connectivity index (χ1) is 11.3. The van der Waals surface area contributed by atoms with Crippen LogP contribution in [-0.4, -0.2) is 30.2 Å². The van der Waals surface area contributed by atoms with Crippen molar-refractivity contribution >= 4 is 52.4 Å². The highest BCUT2D eigenvalue weighted by molar-refractivity contribution is 7.89. The second kappa shape index (κ2) is 8.89. The van der Waals surface area contributed by atoms with Crippen molar-refractivity contribution in [3.63, 3.8) is 0 Å². The van der Waals surface area contributed by atoms with E-state index in [2.05, 4.69) is 4.72 Å². The first-order valence-corrected chi connectivity index (χ1v) is 11.6. The summed E-state index contributed by atoms with van der Waals surface area (Å²) in [5, 5.41) is 0. The number of benzene rings is 1. The predicted molar refractivity (Wildman–Crippen MR) is 101 cm³/mol. The van der Waals surface area contributed by atoms with Crippen molar-refractivity contribution in [1.29, 1.82) is 0 Å². The van der Waals surface area contributed by atoms with Crippen molar-refractivity contribution in [2.75, 3.05) is 0 Å². The van der Waals surface area contributed by atoms with Crippen molar-refractivity contribution < 1.29 is 22.0 Å². The van der Waals surface area contributed by atoms with Crippen LogP contribution in [0.3, 0.4) is 0 Å². The van der Waals surface area contributed by atoms with E-state index in [0.29, 0.717) is 0 Å². The number of alkyl halides is 3. The Balaban J connectivity index is 3.34. The van der Waals surface area contributed by atoms with Crippen LogP contribution in [0.2, 0.25) is 0 Å². The summed E-state index contributed by atoms with van der Waals surface area (Å²) in [6.07, 6.45) is -1.11. The molecule has 0 unspecified atom stereocenters. The topological polar surface area (TPSA) is 81.7 Å². The zero-order valence-corrected chi connectivity index (χ0v) is 18.1. The highest BCUT2D eigenvalue weighted by Gasteiger charge is 2.52. The van der Waals surface area contributed by atoms with Crippen LogP contribution in [0.1, 0.15) is 27.7 Å². The van der Waals surface area contributed by atoms with Gasteiger partial charge < -0.3 is 9.05 Å². The van der Waals surface area contributed by atoms with Gasteiger partial charge in [-0.15, -0.1) is 0 Å². The molecule has 0 radical (unpaired) electrons. The zero-order chi connectivity index (χ0) is 19.5. The molecule has 0 aliphatic carbocycles. The van der Waals surface area contributed by atoms with E-state index >= 15 is 0 Å². The first-order valence-electron chi connectivity index (χ1n) is 7.38. The van der Waals surface area contributed by atoms with E-state index in [1.807, 2.05) is 0 Å². The molecular weight excluding hydrogens is 432 g/mol. The fourth-order valence-electron chi connectivity index (χ4n) is 1.86. The number of rotatable bonds is 8. The van der Waals surface area contributed by atoms with Crippen molar-refractivity contribution in [3.8, 4) is 0 Å². The molecule has 0 aliphatic heterocycles. The highest BCUT2D eigenvalue weighted by Crippen LogP contribution is 2.60. The minimum Gasteiger partial charge on any atom is -0.305 e. The van der Waals surface area contributed by atoms with Crippen LogP contribution in [0, 0.1) is 0 Å². The van der Waals surface area contributed by atoms with Gasteiger partial charge in [0.05, 0.1) is 17.1 Å². The summed E-state index contributed by atoms with van der Waals surface area (Å²) in [7, 11) is -8.30. The summed E-state index contributed by atoms with van der Waals surface area (Å²) in [6, 6.07) is 7.44. The minimum absolute atomic E-state index is 0.0742. The van der Waals surface area contributed by atoms with Gasteiger partial charge in [-0.25, -0.2) is 8.42 Å². The molecule has 11 heteroatoms. The van der Waals surface area contributed by atoms with Crippen LogP contribution in [-0.2, 0) is 23.6 Å². The molecule has 0 amide bonds. The van der Waals surface area contributed by atoms with E-state index in [-0.39, 0.29) is 4.90 Å². The van der Waals surface area contributed by atoms with Crippen LogP contribution >= 0.6 is 42.4 Å². The molecule has 0 saturated carbocycles. The maximum absolute atomic E-state index is 13.3. The van der Waals surface area contributed by atoms with Gasteiger partial charge in [0.25, 0.3) is 0 Å². The second-order valence-corrected chi connectivity index (χ2v) is 11.8. The molecule has 25 heavy (non-hydrogen) atoms. The predicted octanol–water partition coefficient (Wildman–Crippen LogP) is 4.70. The Hall–Kier alpha value is 0.150.